The third-order valence-electron chi connectivity index (χ3n) is 3.68. The van der Waals surface area contributed by atoms with E-state index in [1.165, 1.54) is 32.4 Å². The second kappa shape index (κ2) is 3.35. The molecule has 1 unspecified atom stereocenters. The fraction of sp³-hybridized carbons (Fsp3) is 1.00. The molecule has 0 saturated carbocycles. The molecule has 0 aromatic rings. The van der Waals surface area contributed by atoms with Crippen LogP contribution in [0, 0.1) is 11.3 Å². The molecule has 0 aromatic heterocycles. The Hall–Kier alpha value is -0.0800. The first-order chi connectivity index (χ1) is 5.81. The molecule has 2 nitrogen and oxygen atoms in total. The average Bonchev–Trinajstić information content (AvgIpc) is 2.58. The zero-order valence-corrected chi connectivity index (χ0v) is 7.94. The molecule has 1 N–H and O–H groups in total. The van der Waals surface area contributed by atoms with Crippen molar-refractivity contribution in [2.45, 2.75) is 26.2 Å². The number of nitrogens with one attached hydrogen (secondary N) is 1. The summed E-state index contributed by atoms with van der Waals surface area (Å²) < 4.78 is 5.40. The first-order valence-electron chi connectivity index (χ1n) is 5.10. The van der Waals surface area contributed by atoms with Crippen molar-refractivity contribution in [2.24, 2.45) is 11.3 Å². The molecule has 1 atom stereocenters. The maximum Gasteiger partial charge on any atom is 0.0471 e. The lowest BCUT2D eigenvalue weighted by Crippen LogP contribution is -2.35. The van der Waals surface area contributed by atoms with Gasteiger partial charge >= 0.3 is 0 Å². The van der Waals surface area contributed by atoms with Crippen molar-refractivity contribution in [3.05, 3.63) is 0 Å². The molecule has 2 aliphatic heterocycles. The highest BCUT2D eigenvalue weighted by Crippen LogP contribution is 2.40. The van der Waals surface area contributed by atoms with E-state index in [1.807, 2.05) is 0 Å². The largest absolute Gasteiger partial charge is 0.381 e. The molecule has 2 fully saturated rings. The third-order valence-corrected chi connectivity index (χ3v) is 3.68. The van der Waals surface area contributed by atoms with Gasteiger partial charge in [-0.25, -0.2) is 0 Å². The Bertz CT molecular complexity index is 146. The van der Waals surface area contributed by atoms with Crippen molar-refractivity contribution in [1.82, 2.24) is 5.32 Å². The maximum atomic E-state index is 5.40. The van der Waals surface area contributed by atoms with Crippen LogP contribution >= 0.6 is 0 Å². The van der Waals surface area contributed by atoms with Crippen molar-refractivity contribution < 1.29 is 4.74 Å². The van der Waals surface area contributed by atoms with Gasteiger partial charge in [0.05, 0.1) is 0 Å². The van der Waals surface area contributed by atoms with E-state index in [9.17, 15) is 0 Å². The lowest BCUT2D eigenvalue weighted by atomic mass is 9.71. The molecular weight excluding hydrogens is 150 g/mol. The van der Waals surface area contributed by atoms with Crippen molar-refractivity contribution in [2.75, 3.05) is 26.3 Å². The van der Waals surface area contributed by atoms with Gasteiger partial charge in [-0.1, -0.05) is 6.92 Å². The standard InChI is InChI=1S/C10H19NO/c1-10(3-6-12-7-4-10)9-2-5-11-8-9/h9,11H,2-8H2,1H3. The zero-order chi connectivity index (χ0) is 8.44. The van der Waals surface area contributed by atoms with Crippen LogP contribution in [-0.2, 0) is 4.74 Å². The van der Waals surface area contributed by atoms with Gasteiger partial charge in [-0.2, -0.15) is 0 Å². The summed E-state index contributed by atoms with van der Waals surface area (Å²) in [6, 6.07) is 0. The lowest BCUT2D eigenvalue weighted by molar-refractivity contribution is -0.00318. The van der Waals surface area contributed by atoms with Crippen LogP contribution in [0.3, 0.4) is 0 Å². The predicted molar refractivity (Wildman–Crippen MR) is 49.1 cm³/mol. The summed E-state index contributed by atoms with van der Waals surface area (Å²) in [5.74, 6) is 0.904. The molecule has 0 aromatic carbocycles. The summed E-state index contributed by atoms with van der Waals surface area (Å²) in [5.41, 5.74) is 0.571. The van der Waals surface area contributed by atoms with E-state index in [-0.39, 0.29) is 0 Å². The second-order valence-corrected chi connectivity index (χ2v) is 4.46. The summed E-state index contributed by atoms with van der Waals surface area (Å²) in [6.45, 7) is 6.85. The fourth-order valence-electron chi connectivity index (χ4n) is 2.50. The van der Waals surface area contributed by atoms with Crippen LogP contribution in [-0.4, -0.2) is 26.3 Å². The summed E-state index contributed by atoms with van der Waals surface area (Å²) in [7, 11) is 0. The second-order valence-electron chi connectivity index (χ2n) is 4.46. The minimum Gasteiger partial charge on any atom is -0.381 e. The molecule has 0 amide bonds. The van der Waals surface area contributed by atoms with Crippen LogP contribution < -0.4 is 5.32 Å². The van der Waals surface area contributed by atoms with E-state index in [1.54, 1.807) is 0 Å². The third kappa shape index (κ3) is 1.50. The Morgan fingerprint density at radius 3 is 2.67 bits per heavy atom. The Morgan fingerprint density at radius 1 is 1.33 bits per heavy atom. The molecule has 2 rings (SSSR count). The van der Waals surface area contributed by atoms with E-state index in [0.29, 0.717) is 5.41 Å². The lowest BCUT2D eigenvalue weighted by Gasteiger charge is -2.38. The van der Waals surface area contributed by atoms with E-state index >= 15 is 0 Å². The van der Waals surface area contributed by atoms with E-state index in [4.69, 9.17) is 4.74 Å². The molecule has 2 aliphatic rings. The molecular formula is C10H19NO. The summed E-state index contributed by atoms with van der Waals surface area (Å²) >= 11 is 0. The number of hydrogen-bond acceptors (Lipinski definition) is 2. The summed E-state index contributed by atoms with van der Waals surface area (Å²) in [4.78, 5) is 0. The highest BCUT2D eigenvalue weighted by molar-refractivity contribution is 4.88. The fourth-order valence-corrected chi connectivity index (χ4v) is 2.50. The van der Waals surface area contributed by atoms with Crippen molar-refractivity contribution in [1.29, 1.82) is 0 Å². The number of ether oxygens (including phenoxy) is 1. The smallest absolute Gasteiger partial charge is 0.0471 e. The molecule has 0 bridgehead atoms. The van der Waals surface area contributed by atoms with E-state index in [0.717, 1.165) is 19.1 Å². The van der Waals surface area contributed by atoms with Crippen LogP contribution in [0.1, 0.15) is 26.2 Å². The summed E-state index contributed by atoms with van der Waals surface area (Å²) in [6.07, 6.45) is 3.90. The van der Waals surface area contributed by atoms with Crippen LogP contribution in [0.15, 0.2) is 0 Å². The molecule has 0 radical (unpaired) electrons. The van der Waals surface area contributed by atoms with E-state index in [2.05, 4.69) is 12.2 Å². The molecule has 70 valence electrons. The molecule has 2 heterocycles. The average molecular weight is 169 g/mol. The van der Waals surface area contributed by atoms with Gasteiger partial charge in [0.15, 0.2) is 0 Å². The van der Waals surface area contributed by atoms with Crippen LogP contribution in [0.5, 0.6) is 0 Å². The van der Waals surface area contributed by atoms with Gasteiger partial charge in [0.1, 0.15) is 0 Å². The van der Waals surface area contributed by atoms with Crippen molar-refractivity contribution in [3.63, 3.8) is 0 Å². The normalized spacial score (nSPS) is 35.2. The minimum atomic E-state index is 0.571. The van der Waals surface area contributed by atoms with Gasteiger partial charge in [0.2, 0.25) is 0 Å². The van der Waals surface area contributed by atoms with Gasteiger partial charge in [0.25, 0.3) is 0 Å². The van der Waals surface area contributed by atoms with Gasteiger partial charge in [-0.05, 0) is 43.7 Å². The van der Waals surface area contributed by atoms with Crippen LogP contribution in [0.4, 0.5) is 0 Å². The predicted octanol–water partition coefficient (Wildman–Crippen LogP) is 1.41. The zero-order valence-electron chi connectivity index (χ0n) is 7.94. The van der Waals surface area contributed by atoms with Gasteiger partial charge < -0.3 is 10.1 Å². The van der Waals surface area contributed by atoms with Crippen molar-refractivity contribution in [3.8, 4) is 0 Å². The van der Waals surface area contributed by atoms with Gasteiger partial charge in [-0.3, -0.25) is 0 Å². The number of rotatable bonds is 1. The molecule has 2 heteroatoms. The molecule has 0 spiro atoms. The highest BCUT2D eigenvalue weighted by atomic mass is 16.5. The van der Waals surface area contributed by atoms with Crippen LogP contribution in [0.2, 0.25) is 0 Å². The Balaban J connectivity index is 1.97. The monoisotopic (exact) mass is 169 g/mol. The quantitative estimate of drug-likeness (QED) is 0.641. The molecule has 2 saturated heterocycles. The first kappa shape index (κ1) is 8.52. The minimum absolute atomic E-state index is 0.571. The van der Waals surface area contributed by atoms with Gasteiger partial charge in [0, 0.05) is 13.2 Å². The summed E-state index contributed by atoms with van der Waals surface area (Å²) in [5, 5.41) is 3.45. The Morgan fingerprint density at radius 2 is 2.08 bits per heavy atom. The number of hydrogen-bond donors (Lipinski definition) is 1. The Labute approximate surface area is 74.7 Å². The Kier molecular flexibility index (Phi) is 2.37. The van der Waals surface area contributed by atoms with Crippen molar-refractivity contribution >= 4 is 0 Å². The van der Waals surface area contributed by atoms with Crippen LogP contribution in [0.25, 0.3) is 0 Å². The molecule has 12 heavy (non-hydrogen) atoms. The molecule has 0 aliphatic carbocycles. The topological polar surface area (TPSA) is 21.3 Å². The maximum absolute atomic E-state index is 5.40. The van der Waals surface area contributed by atoms with Gasteiger partial charge in [-0.15, -0.1) is 0 Å². The first-order valence-corrected chi connectivity index (χ1v) is 5.10. The SMILES string of the molecule is CC1(C2CCNC2)CCOCC1. The highest BCUT2D eigenvalue weighted by Gasteiger charge is 2.36. The van der Waals surface area contributed by atoms with E-state index < -0.39 is 0 Å².